The largest absolute Gasteiger partial charge is 0.302 e. The van der Waals surface area contributed by atoms with E-state index in [1.807, 2.05) is 6.20 Å². The number of hydrogen-bond acceptors (Lipinski definition) is 9. The summed E-state index contributed by atoms with van der Waals surface area (Å²) in [6.07, 6.45) is 7.56. The fraction of sp³-hybridized carbons (Fsp3) is 0.111. The van der Waals surface area contributed by atoms with Gasteiger partial charge in [-0.3, -0.25) is 4.90 Å². The Labute approximate surface area is 106 Å². The maximum atomic E-state index is 6.00. The fourth-order valence-electron chi connectivity index (χ4n) is 1.43. The Bertz CT molecular complexity index is 559. The van der Waals surface area contributed by atoms with Gasteiger partial charge in [-0.15, -0.1) is 0 Å². The molecule has 2 N–H and O–H groups in total. The van der Waals surface area contributed by atoms with E-state index in [4.69, 9.17) is 5.73 Å². The zero-order valence-electron chi connectivity index (χ0n) is 9.08. The summed E-state index contributed by atoms with van der Waals surface area (Å²) in [6, 6.07) is 0. The van der Waals surface area contributed by atoms with Gasteiger partial charge in [-0.2, -0.15) is 0 Å². The molecule has 3 rings (SSSR count). The first-order valence-corrected chi connectivity index (χ1v) is 5.89. The standard InChI is InChI=1S/C9H8N8S/c10-8-17(9-15-4-12-5-16-9)1-6(18-8)7-13-2-11-3-14-7/h1-5,8H,10H2. The highest BCUT2D eigenvalue weighted by Gasteiger charge is 2.27. The molecule has 18 heavy (non-hydrogen) atoms. The Morgan fingerprint density at radius 1 is 1.00 bits per heavy atom. The van der Waals surface area contributed by atoms with Crippen molar-refractivity contribution >= 4 is 22.6 Å². The van der Waals surface area contributed by atoms with Crippen molar-refractivity contribution < 1.29 is 0 Å². The van der Waals surface area contributed by atoms with Crippen LogP contribution < -0.4 is 10.6 Å². The van der Waals surface area contributed by atoms with Crippen LogP contribution in [0.15, 0.2) is 31.5 Å². The lowest BCUT2D eigenvalue weighted by molar-refractivity contribution is 0.862. The second-order valence-electron chi connectivity index (χ2n) is 3.31. The minimum absolute atomic E-state index is 0.306. The molecule has 0 fully saturated rings. The average Bonchev–Trinajstić information content (AvgIpc) is 2.83. The van der Waals surface area contributed by atoms with Gasteiger partial charge in [-0.05, 0) is 0 Å². The zero-order chi connectivity index (χ0) is 12.4. The van der Waals surface area contributed by atoms with Gasteiger partial charge in [-0.1, -0.05) is 11.8 Å². The summed E-state index contributed by atoms with van der Waals surface area (Å²) in [5.41, 5.74) is 5.70. The molecular weight excluding hydrogens is 252 g/mol. The number of nitrogens with zero attached hydrogens (tertiary/aromatic N) is 7. The van der Waals surface area contributed by atoms with Gasteiger partial charge >= 0.3 is 0 Å². The van der Waals surface area contributed by atoms with Crippen LogP contribution >= 0.6 is 11.8 Å². The number of thioether (sulfide) groups is 1. The summed E-state index contributed by atoms with van der Waals surface area (Å²) in [4.78, 5) is 26.4. The van der Waals surface area contributed by atoms with E-state index >= 15 is 0 Å². The van der Waals surface area contributed by atoms with Crippen LogP contribution in [-0.2, 0) is 0 Å². The zero-order valence-corrected chi connectivity index (χ0v) is 9.90. The summed E-state index contributed by atoms with van der Waals surface area (Å²) < 4.78 is 0. The summed E-state index contributed by atoms with van der Waals surface area (Å²) in [7, 11) is 0. The monoisotopic (exact) mass is 260 g/mol. The molecule has 0 amide bonds. The van der Waals surface area contributed by atoms with E-state index in [9.17, 15) is 0 Å². The molecule has 0 saturated heterocycles. The number of nitrogens with two attached hydrogens (primary N) is 1. The molecule has 0 saturated carbocycles. The molecule has 90 valence electrons. The summed E-state index contributed by atoms with van der Waals surface area (Å²) >= 11 is 1.43. The minimum Gasteiger partial charge on any atom is -0.302 e. The molecule has 0 aromatic carbocycles. The van der Waals surface area contributed by atoms with Gasteiger partial charge in [-0.25, -0.2) is 29.9 Å². The van der Waals surface area contributed by atoms with Crippen LogP contribution in [0.5, 0.6) is 0 Å². The molecule has 2 aromatic rings. The van der Waals surface area contributed by atoms with E-state index in [-0.39, 0.29) is 5.50 Å². The Morgan fingerprint density at radius 3 is 2.28 bits per heavy atom. The second kappa shape index (κ2) is 4.63. The Balaban J connectivity index is 1.92. The first-order chi connectivity index (χ1) is 8.84. The maximum absolute atomic E-state index is 6.00. The maximum Gasteiger partial charge on any atom is 0.234 e. The second-order valence-corrected chi connectivity index (χ2v) is 4.47. The van der Waals surface area contributed by atoms with Crippen LogP contribution in [0, 0.1) is 0 Å². The van der Waals surface area contributed by atoms with E-state index in [0.29, 0.717) is 11.8 Å². The molecule has 0 radical (unpaired) electrons. The lowest BCUT2D eigenvalue weighted by atomic mass is 10.5. The van der Waals surface area contributed by atoms with Gasteiger partial charge in [0.05, 0.1) is 4.91 Å². The Kier molecular flexibility index (Phi) is 2.82. The number of anilines is 1. The van der Waals surface area contributed by atoms with Crippen molar-refractivity contribution in [3.05, 3.63) is 37.3 Å². The first-order valence-electron chi connectivity index (χ1n) is 5.01. The van der Waals surface area contributed by atoms with Gasteiger partial charge in [0.2, 0.25) is 5.95 Å². The van der Waals surface area contributed by atoms with Crippen molar-refractivity contribution in [2.75, 3.05) is 4.90 Å². The Hall–Kier alpha value is -2.13. The summed E-state index contributed by atoms with van der Waals surface area (Å²) in [5, 5.41) is 0. The SMILES string of the molecule is NC1SC(c2ncncn2)=CN1c1ncncn1. The third-order valence-electron chi connectivity index (χ3n) is 2.20. The summed E-state index contributed by atoms with van der Waals surface area (Å²) in [5.74, 6) is 1.08. The van der Waals surface area contributed by atoms with Crippen molar-refractivity contribution in [2.45, 2.75) is 5.50 Å². The van der Waals surface area contributed by atoms with E-state index in [1.165, 1.54) is 37.1 Å². The van der Waals surface area contributed by atoms with Gasteiger partial charge in [0.25, 0.3) is 0 Å². The topological polar surface area (TPSA) is 107 Å². The highest BCUT2D eigenvalue weighted by atomic mass is 32.2. The van der Waals surface area contributed by atoms with Gasteiger partial charge in [0.1, 0.15) is 30.8 Å². The van der Waals surface area contributed by atoms with Crippen LogP contribution in [0.1, 0.15) is 5.82 Å². The third kappa shape index (κ3) is 2.00. The first kappa shape index (κ1) is 11.0. The Morgan fingerprint density at radius 2 is 1.61 bits per heavy atom. The van der Waals surface area contributed by atoms with Crippen molar-refractivity contribution in [3.63, 3.8) is 0 Å². The van der Waals surface area contributed by atoms with E-state index < -0.39 is 0 Å². The molecule has 1 atom stereocenters. The molecule has 0 bridgehead atoms. The van der Waals surface area contributed by atoms with Crippen molar-refractivity contribution in [3.8, 4) is 0 Å². The molecule has 0 spiro atoms. The third-order valence-corrected chi connectivity index (χ3v) is 3.21. The molecule has 1 unspecified atom stereocenters. The number of hydrogen-bond donors (Lipinski definition) is 1. The normalized spacial score (nSPS) is 18.8. The molecular formula is C9H8N8S. The van der Waals surface area contributed by atoms with Gasteiger partial charge in [0, 0.05) is 6.20 Å². The van der Waals surface area contributed by atoms with Crippen LogP contribution in [0.3, 0.4) is 0 Å². The van der Waals surface area contributed by atoms with E-state index in [1.54, 1.807) is 4.90 Å². The molecule has 0 aliphatic carbocycles. The van der Waals surface area contributed by atoms with Crippen molar-refractivity contribution in [1.82, 2.24) is 29.9 Å². The summed E-state index contributed by atoms with van der Waals surface area (Å²) in [6.45, 7) is 0. The quantitative estimate of drug-likeness (QED) is 0.788. The van der Waals surface area contributed by atoms with Crippen LogP contribution in [0.2, 0.25) is 0 Å². The highest BCUT2D eigenvalue weighted by Crippen LogP contribution is 2.36. The molecule has 2 aromatic heterocycles. The van der Waals surface area contributed by atoms with E-state index in [2.05, 4.69) is 29.9 Å². The van der Waals surface area contributed by atoms with Crippen molar-refractivity contribution in [1.29, 1.82) is 0 Å². The fourth-order valence-corrected chi connectivity index (χ4v) is 2.35. The smallest absolute Gasteiger partial charge is 0.234 e. The van der Waals surface area contributed by atoms with Crippen LogP contribution in [0.25, 0.3) is 4.91 Å². The predicted octanol–water partition coefficient (Wildman–Crippen LogP) is -0.149. The lowest BCUT2D eigenvalue weighted by Crippen LogP contribution is -2.33. The van der Waals surface area contributed by atoms with Crippen LogP contribution in [0.4, 0.5) is 5.95 Å². The number of rotatable bonds is 2. The van der Waals surface area contributed by atoms with Crippen molar-refractivity contribution in [2.24, 2.45) is 5.73 Å². The molecule has 8 nitrogen and oxygen atoms in total. The van der Waals surface area contributed by atoms with Gasteiger partial charge in [0.15, 0.2) is 5.82 Å². The lowest BCUT2D eigenvalue weighted by Gasteiger charge is -2.17. The highest BCUT2D eigenvalue weighted by molar-refractivity contribution is 8.09. The number of aromatic nitrogens is 6. The van der Waals surface area contributed by atoms with E-state index in [0.717, 1.165) is 4.91 Å². The molecule has 1 aliphatic heterocycles. The molecule has 1 aliphatic rings. The predicted molar refractivity (Wildman–Crippen MR) is 65.7 cm³/mol. The van der Waals surface area contributed by atoms with Crippen LogP contribution in [-0.4, -0.2) is 35.4 Å². The molecule has 3 heterocycles. The van der Waals surface area contributed by atoms with Gasteiger partial charge < -0.3 is 5.73 Å². The average molecular weight is 260 g/mol. The minimum atomic E-state index is -0.306. The molecule has 9 heteroatoms.